The van der Waals surface area contributed by atoms with E-state index in [-0.39, 0.29) is 11.6 Å². The van der Waals surface area contributed by atoms with Crippen molar-refractivity contribution in [1.82, 2.24) is 10.3 Å². The van der Waals surface area contributed by atoms with Crippen LogP contribution in [0.1, 0.15) is 18.2 Å². The summed E-state index contributed by atoms with van der Waals surface area (Å²) in [5, 5.41) is 9.42. The number of amides is 1. The van der Waals surface area contributed by atoms with Gasteiger partial charge < -0.3 is 10.1 Å². The van der Waals surface area contributed by atoms with Crippen molar-refractivity contribution in [3.05, 3.63) is 35.5 Å². The van der Waals surface area contributed by atoms with Gasteiger partial charge in [0.2, 0.25) is 0 Å². The zero-order chi connectivity index (χ0) is 16.3. The number of aromatic nitrogens is 2. The number of nitrogens with zero attached hydrogens (tertiary/aromatic N) is 2. The fraction of sp³-hybridized carbons (Fsp3) is 0.308. The van der Waals surface area contributed by atoms with Crippen molar-refractivity contribution in [3.8, 4) is 5.75 Å². The first-order valence-corrected chi connectivity index (χ1v) is 6.21. The van der Waals surface area contributed by atoms with E-state index in [1.807, 2.05) is 0 Å². The molecule has 0 bridgehead atoms. The Balaban J connectivity index is 1.98. The lowest BCUT2D eigenvalue weighted by atomic mass is 10.2. The highest BCUT2D eigenvalue weighted by Crippen LogP contribution is 2.30. The number of benzene rings is 1. The van der Waals surface area contributed by atoms with Gasteiger partial charge in [0.15, 0.2) is 11.9 Å². The van der Waals surface area contributed by atoms with E-state index in [0.717, 1.165) is 24.3 Å². The molecule has 9 heteroatoms. The number of halogens is 3. The van der Waals surface area contributed by atoms with Gasteiger partial charge in [-0.25, -0.2) is 4.63 Å². The Bertz CT molecular complexity index is 653. The summed E-state index contributed by atoms with van der Waals surface area (Å²) < 4.78 is 47.0. The second-order valence-electron chi connectivity index (χ2n) is 4.47. The molecule has 0 radical (unpaired) electrons. The van der Waals surface area contributed by atoms with Crippen LogP contribution in [0.25, 0.3) is 0 Å². The van der Waals surface area contributed by atoms with Gasteiger partial charge in [-0.05, 0) is 43.3 Å². The first kappa shape index (κ1) is 15.8. The molecule has 0 unspecified atom stereocenters. The van der Waals surface area contributed by atoms with Crippen molar-refractivity contribution in [2.75, 3.05) is 5.32 Å². The lowest BCUT2D eigenvalue weighted by Crippen LogP contribution is -2.30. The van der Waals surface area contributed by atoms with Gasteiger partial charge in [0, 0.05) is 0 Å². The normalized spacial score (nSPS) is 12.8. The van der Waals surface area contributed by atoms with Gasteiger partial charge in [0.1, 0.15) is 11.4 Å². The molecule has 0 fully saturated rings. The van der Waals surface area contributed by atoms with Crippen LogP contribution in [-0.2, 0) is 11.0 Å². The number of carbonyl (C=O) groups excluding carboxylic acids is 1. The predicted molar refractivity (Wildman–Crippen MR) is 69.2 cm³/mol. The molecule has 0 aliphatic carbocycles. The molecule has 1 aromatic heterocycles. The molecule has 1 atom stereocenters. The van der Waals surface area contributed by atoms with Crippen LogP contribution in [0.15, 0.2) is 28.9 Å². The lowest BCUT2D eigenvalue weighted by molar-refractivity contribution is -0.137. The summed E-state index contributed by atoms with van der Waals surface area (Å²) in [7, 11) is 0. The Morgan fingerprint density at radius 2 is 1.91 bits per heavy atom. The summed E-state index contributed by atoms with van der Waals surface area (Å²) in [6.45, 7) is 3.04. The molecule has 0 saturated carbocycles. The molecule has 0 saturated heterocycles. The van der Waals surface area contributed by atoms with E-state index in [1.165, 1.54) is 6.92 Å². The van der Waals surface area contributed by atoms with E-state index in [4.69, 9.17) is 4.74 Å². The van der Waals surface area contributed by atoms with Gasteiger partial charge in [-0.3, -0.25) is 4.79 Å². The van der Waals surface area contributed by atoms with E-state index >= 15 is 0 Å². The third kappa shape index (κ3) is 3.74. The number of hydrogen-bond donors (Lipinski definition) is 1. The molecule has 1 N–H and O–H groups in total. The van der Waals surface area contributed by atoms with Gasteiger partial charge in [0.05, 0.1) is 5.56 Å². The van der Waals surface area contributed by atoms with E-state index in [0.29, 0.717) is 5.69 Å². The maximum Gasteiger partial charge on any atom is 0.416 e. The number of alkyl halides is 3. The van der Waals surface area contributed by atoms with Crippen LogP contribution < -0.4 is 10.1 Å². The molecule has 0 aliphatic heterocycles. The van der Waals surface area contributed by atoms with Crippen LogP contribution in [0.3, 0.4) is 0 Å². The summed E-state index contributed by atoms with van der Waals surface area (Å²) in [5.41, 5.74) is -0.392. The number of nitrogens with one attached hydrogen (secondary N) is 1. The Hall–Kier alpha value is -2.58. The highest BCUT2D eigenvalue weighted by molar-refractivity contribution is 5.93. The highest BCUT2D eigenvalue weighted by atomic mass is 19.4. The minimum atomic E-state index is -4.42. The third-order valence-corrected chi connectivity index (χ3v) is 2.76. The molecule has 1 amide bonds. The largest absolute Gasteiger partial charge is 0.481 e. The van der Waals surface area contributed by atoms with Crippen LogP contribution in [0, 0.1) is 6.92 Å². The average Bonchev–Trinajstić information content (AvgIpc) is 2.84. The molecule has 0 spiro atoms. The summed E-state index contributed by atoms with van der Waals surface area (Å²) >= 11 is 0. The lowest BCUT2D eigenvalue weighted by Gasteiger charge is -2.14. The van der Waals surface area contributed by atoms with Gasteiger partial charge in [-0.1, -0.05) is 5.16 Å². The van der Waals surface area contributed by atoms with Crippen molar-refractivity contribution in [1.29, 1.82) is 0 Å². The zero-order valence-electron chi connectivity index (χ0n) is 11.6. The van der Waals surface area contributed by atoms with E-state index in [9.17, 15) is 18.0 Å². The van der Waals surface area contributed by atoms with Crippen molar-refractivity contribution in [3.63, 3.8) is 0 Å². The van der Waals surface area contributed by atoms with E-state index in [2.05, 4.69) is 20.3 Å². The molecule has 118 valence electrons. The average molecular weight is 315 g/mol. The maximum atomic E-state index is 12.4. The van der Waals surface area contributed by atoms with E-state index < -0.39 is 23.8 Å². The second kappa shape index (κ2) is 6.04. The van der Waals surface area contributed by atoms with Crippen LogP contribution in [0.2, 0.25) is 0 Å². The fourth-order valence-corrected chi connectivity index (χ4v) is 1.54. The van der Waals surface area contributed by atoms with Gasteiger partial charge in [-0.15, -0.1) is 0 Å². The quantitative estimate of drug-likeness (QED) is 0.938. The monoisotopic (exact) mass is 315 g/mol. The van der Waals surface area contributed by atoms with Gasteiger partial charge >= 0.3 is 6.18 Å². The number of anilines is 1. The van der Waals surface area contributed by atoms with Crippen LogP contribution >= 0.6 is 0 Å². The first-order valence-electron chi connectivity index (χ1n) is 6.21. The molecular formula is C13H12F3N3O3. The van der Waals surface area contributed by atoms with Gasteiger partial charge in [0.25, 0.3) is 5.91 Å². The molecule has 2 rings (SSSR count). The number of ether oxygens (including phenoxy) is 1. The van der Waals surface area contributed by atoms with E-state index in [1.54, 1.807) is 6.92 Å². The maximum absolute atomic E-state index is 12.4. The Kier molecular flexibility index (Phi) is 4.34. The van der Waals surface area contributed by atoms with Crippen LogP contribution in [0.4, 0.5) is 19.0 Å². The molecule has 2 aromatic rings. The van der Waals surface area contributed by atoms with Crippen molar-refractivity contribution in [2.24, 2.45) is 0 Å². The third-order valence-electron chi connectivity index (χ3n) is 2.76. The Labute approximate surface area is 123 Å². The number of rotatable bonds is 4. The molecular weight excluding hydrogens is 303 g/mol. The van der Waals surface area contributed by atoms with Crippen molar-refractivity contribution >= 4 is 11.7 Å². The molecule has 0 aliphatic rings. The summed E-state index contributed by atoms with van der Waals surface area (Å²) in [4.78, 5) is 11.9. The second-order valence-corrected chi connectivity index (χ2v) is 4.47. The first-order chi connectivity index (χ1) is 10.3. The minimum Gasteiger partial charge on any atom is -0.481 e. The summed E-state index contributed by atoms with van der Waals surface area (Å²) in [6, 6.07) is 4.06. The predicted octanol–water partition coefficient (Wildman–Crippen LogP) is 2.80. The Morgan fingerprint density at radius 3 is 2.41 bits per heavy atom. The zero-order valence-corrected chi connectivity index (χ0v) is 11.6. The van der Waals surface area contributed by atoms with Gasteiger partial charge in [-0.2, -0.15) is 13.2 Å². The summed E-state index contributed by atoms with van der Waals surface area (Å²) in [5.74, 6) is -0.225. The van der Waals surface area contributed by atoms with Crippen LogP contribution in [0.5, 0.6) is 5.75 Å². The topological polar surface area (TPSA) is 77.3 Å². The molecule has 1 heterocycles. The molecule has 1 aromatic carbocycles. The highest BCUT2D eigenvalue weighted by Gasteiger charge is 2.30. The summed E-state index contributed by atoms with van der Waals surface area (Å²) in [6.07, 6.45) is -5.35. The Morgan fingerprint density at radius 1 is 1.27 bits per heavy atom. The SMILES string of the molecule is Cc1nonc1NC(=O)[C@@H](C)Oc1ccc(C(F)(F)F)cc1. The fourth-order valence-electron chi connectivity index (χ4n) is 1.54. The van der Waals surface area contributed by atoms with Crippen molar-refractivity contribution in [2.45, 2.75) is 26.1 Å². The number of carbonyl (C=O) groups is 1. The molecule has 22 heavy (non-hydrogen) atoms. The number of aryl methyl sites for hydroxylation is 1. The number of hydrogen-bond acceptors (Lipinski definition) is 5. The van der Waals surface area contributed by atoms with Crippen LogP contribution in [-0.4, -0.2) is 22.3 Å². The minimum absolute atomic E-state index is 0.144. The smallest absolute Gasteiger partial charge is 0.416 e. The molecule has 6 nitrogen and oxygen atoms in total. The van der Waals surface area contributed by atoms with Crippen molar-refractivity contribution < 1.29 is 27.3 Å². The standard InChI is InChI=1S/C13H12F3N3O3/c1-7-11(19-22-18-7)17-12(20)8(2)21-10-5-3-9(4-6-10)13(14,15)16/h3-6,8H,1-2H3,(H,17,19,20)/t8-/m1/s1.